The second kappa shape index (κ2) is 10.8. The van der Waals surface area contributed by atoms with Gasteiger partial charge in [-0.25, -0.2) is 4.98 Å². The normalized spacial score (nSPS) is 20.7. The summed E-state index contributed by atoms with van der Waals surface area (Å²) in [5.41, 5.74) is 1.89. The summed E-state index contributed by atoms with van der Waals surface area (Å²) in [5, 5.41) is -0.655. The van der Waals surface area contributed by atoms with Gasteiger partial charge in [-0.05, 0) is 56.0 Å². The number of nitrogens with zero attached hydrogens (tertiary/aromatic N) is 2. The lowest BCUT2D eigenvalue weighted by atomic mass is 10.1. The van der Waals surface area contributed by atoms with Crippen LogP contribution in [0, 0.1) is 6.92 Å². The molecule has 3 atom stereocenters. The van der Waals surface area contributed by atoms with Crippen molar-refractivity contribution in [2.75, 3.05) is 6.61 Å². The molecule has 0 spiro atoms. The Morgan fingerprint density at radius 2 is 1.88 bits per heavy atom. The molecule has 1 aliphatic heterocycles. The predicted octanol–water partition coefficient (Wildman–Crippen LogP) is 5.25. The van der Waals surface area contributed by atoms with E-state index in [4.69, 9.17) is 36.9 Å². The first-order valence-electron chi connectivity index (χ1n) is 10.9. The van der Waals surface area contributed by atoms with Gasteiger partial charge in [-0.1, -0.05) is 53.0 Å². The molecule has 1 saturated heterocycles. The van der Waals surface area contributed by atoms with Gasteiger partial charge in [0.15, 0.2) is 6.29 Å². The predicted molar refractivity (Wildman–Crippen MR) is 129 cm³/mol. The molecule has 1 aromatic heterocycles. The molecule has 0 saturated carbocycles. The third kappa shape index (κ3) is 6.38. The summed E-state index contributed by atoms with van der Waals surface area (Å²) in [6.07, 6.45) is 6.23. The van der Waals surface area contributed by atoms with Crippen LogP contribution < -0.4 is 0 Å². The molecular weight excluding hydrogens is 499 g/mol. The Labute approximate surface area is 209 Å². The molecule has 34 heavy (non-hydrogen) atoms. The fourth-order valence-electron chi connectivity index (χ4n) is 3.72. The zero-order chi connectivity index (χ0) is 24.2. The van der Waals surface area contributed by atoms with Crippen LogP contribution in [0.2, 0.25) is 5.02 Å². The quantitative estimate of drug-likeness (QED) is 0.280. The summed E-state index contributed by atoms with van der Waals surface area (Å²) in [5.74, 6) is 0. The van der Waals surface area contributed by atoms with Gasteiger partial charge in [0.1, 0.15) is 0 Å². The van der Waals surface area contributed by atoms with Gasteiger partial charge in [0.2, 0.25) is 5.18 Å². The van der Waals surface area contributed by atoms with Crippen molar-refractivity contribution in [2.24, 2.45) is 0 Å². The van der Waals surface area contributed by atoms with Gasteiger partial charge < -0.3 is 9.47 Å². The molecule has 10 heteroatoms. The van der Waals surface area contributed by atoms with Crippen LogP contribution in [0.1, 0.15) is 30.4 Å². The highest BCUT2D eigenvalue weighted by Crippen LogP contribution is 2.34. The highest BCUT2D eigenvalue weighted by molar-refractivity contribution is 7.86. The maximum absolute atomic E-state index is 12.5. The van der Waals surface area contributed by atoms with E-state index >= 15 is 0 Å². The zero-order valence-electron chi connectivity index (χ0n) is 18.6. The van der Waals surface area contributed by atoms with Crippen molar-refractivity contribution in [3.05, 3.63) is 83.4 Å². The molecule has 0 amide bonds. The fraction of sp³-hybridized carbons (Fsp3) is 0.375. The van der Waals surface area contributed by atoms with E-state index in [1.165, 1.54) is 12.1 Å². The second-order valence-electron chi connectivity index (χ2n) is 8.25. The van der Waals surface area contributed by atoms with Crippen molar-refractivity contribution in [1.82, 2.24) is 9.55 Å². The molecular formula is C24H26Cl2N2O5S. The van der Waals surface area contributed by atoms with Crippen LogP contribution in [0.15, 0.2) is 72.1 Å². The Kier molecular flexibility index (Phi) is 7.97. The number of hydrogen-bond donors (Lipinski definition) is 0. The van der Waals surface area contributed by atoms with Crippen molar-refractivity contribution in [2.45, 2.75) is 55.1 Å². The Morgan fingerprint density at radius 1 is 1.15 bits per heavy atom. The molecule has 2 aromatic carbocycles. The number of benzene rings is 2. The summed E-state index contributed by atoms with van der Waals surface area (Å²) < 4.78 is 44.3. The Hall–Kier alpha value is -1.94. The molecule has 4 rings (SSSR count). The molecule has 0 bridgehead atoms. The van der Waals surface area contributed by atoms with Gasteiger partial charge in [0.25, 0.3) is 10.1 Å². The Morgan fingerprint density at radius 3 is 2.56 bits per heavy atom. The van der Waals surface area contributed by atoms with Gasteiger partial charge in [0, 0.05) is 23.8 Å². The summed E-state index contributed by atoms with van der Waals surface area (Å²) in [4.78, 5) is 4.21. The summed E-state index contributed by atoms with van der Waals surface area (Å²) >= 11 is 13.0. The molecule has 0 radical (unpaired) electrons. The third-order valence-electron chi connectivity index (χ3n) is 5.57. The molecule has 0 aliphatic carbocycles. The SMILES string of the molecule is Cc1ccc(S(=O)(=O)OCC2CCCC(OC(Cl)(Cc3ccc(Cl)cc3)n3ccnc3)O2)cc1. The van der Waals surface area contributed by atoms with Gasteiger partial charge >= 0.3 is 0 Å². The lowest BCUT2D eigenvalue weighted by molar-refractivity contribution is -0.247. The largest absolute Gasteiger partial charge is 0.347 e. The summed E-state index contributed by atoms with van der Waals surface area (Å²) in [7, 11) is -3.88. The molecule has 3 unspecified atom stereocenters. The minimum absolute atomic E-state index is 0.104. The molecule has 182 valence electrons. The number of rotatable bonds is 9. The topological polar surface area (TPSA) is 79.7 Å². The standard InChI is InChI=1S/C24H26Cl2N2O5S/c1-18-5-11-22(12-6-18)34(29,30)31-16-21-3-2-4-23(32-21)33-24(26,28-14-13-27-17-28)15-19-7-9-20(25)10-8-19/h5-14,17,21,23H,2-4,15-16H2,1H3. The average Bonchev–Trinajstić information content (AvgIpc) is 3.36. The number of imidazole rings is 1. The first-order valence-corrected chi connectivity index (χ1v) is 13.1. The molecule has 1 aliphatic rings. The Balaban J connectivity index is 1.41. The van der Waals surface area contributed by atoms with Crippen molar-refractivity contribution in [3.63, 3.8) is 0 Å². The van der Waals surface area contributed by atoms with Crippen molar-refractivity contribution < 1.29 is 22.1 Å². The first kappa shape index (κ1) is 25.2. The first-order chi connectivity index (χ1) is 16.2. The van der Waals surface area contributed by atoms with E-state index in [-0.39, 0.29) is 11.5 Å². The molecule has 3 aromatic rings. The number of halogens is 2. The summed E-state index contributed by atoms with van der Waals surface area (Å²) in [6.45, 7) is 1.79. The lowest BCUT2D eigenvalue weighted by Gasteiger charge is -2.36. The van der Waals surface area contributed by atoms with Crippen LogP contribution in [0.25, 0.3) is 0 Å². The molecule has 0 N–H and O–H groups in total. The van der Waals surface area contributed by atoms with Gasteiger partial charge in [-0.3, -0.25) is 8.75 Å². The monoisotopic (exact) mass is 524 g/mol. The van der Waals surface area contributed by atoms with Crippen LogP contribution in [-0.2, 0) is 35.4 Å². The number of aromatic nitrogens is 2. The molecule has 1 fully saturated rings. The highest BCUT2D eigenvalue weighted by atomic mass is 35.5. The maximum Gasteiger partial charge on any atom is 0.297 e. The van der Waals surface area contributed by atoms with Gasteiger partial charge in [-0.2, -0.15) is 8.42 Å². The van der Waals surface area contributed by atoms with Crippen molar-refractivity contribution in [1.29, 1.82) is 0 Å². The van der Waals surface area contributed by atoms with E-state index in [0.717, 1.165) is 17.5 Å². The van der Waals surface area contributed by atoms with Crippen molar-refractivity contribution >= 4 is 33.3 Å². The third-order valence-corrected chi connectivity index (χ3v) is 7.53. The van der Waals surface area contributed by atoms with E-state index in [9.17, 15) is 8.42 Å². The average molecular weight is 525 g/mol. The van der Waals surface area contributed by atoms with Gasteiger partial charge in [0.05, 0.1) is 23.9 Å². The second-order valence-corrected chi connectivity index (χ2v) is 10.9. The van der Waals surface area contributed by atoms with Crippen LogP contribution in [-0.4, -0.2) is 37.0 Å². The zero-order valence-corrected chi connectivity index (χ0v) is 21.0. The fourth-order valence-corrected chi connectivity index (χ4v) is 5.13. The van der Waals surface area contributed by atoms with Crippen LogP contribution in [0.3, 0.4) is 0 Å². The van der Waals surface area contributed by atoms with Crippen LogP contribution in [0.4, 0.5) is 0 Å². The minimum atomic E-state index is -3.88. The maximum atomic E-state index is 12.5. The van der Waals surface area contributed by atoms with E-state index in [1.54, 1.807) is 47.6 Å². The van der Waals surface area contributed by atoms with E-state index in [2.05, 4.69) is 4.98 Å². The number of ether oxygens (including phenoxy) is 2. The number of aryl methyl sites for hydroxylation is 1. The number of hydrogen-bond acceptors (Lipinski definition) is 6. The molecule has 7 nitrogen and oxygen atoms in total. The molecule has 2 heterocycles. The summed E-state index contributed by atoms with van der Waals surface area (Å²) in [6, 6.07) is 13.9. The van der Waals surface area contributed by atoms with E-state index in [1.807, 2.05) is 19.1 Å². The highest BCUT2D eigenvalue weighted by Gasteiger charge is 2.37. The van der Waals surface area contributed by atoms with E-state index in [0.29, 0.717) is 24.3 Å². The Bertz CT molecular complexity index is 1170. The smallest absolute Gasteiger partial charge is 0.297 e. The minimum Gasteiger partial charge on any atom is -0.347 e. The van der Waals surface area contributed by atoms with Crippen LogP contribution >= 0.6 is 23.2 Å². The lowest BCUT2D eigenvalue weighted by Crippen LogP contribution is -2.41. The van der Waals surface area contributed by atoms with Crippen LogP contribution in [0.5, 0.6) is 0 Å². The van der Waals surface area contributed by atoms with Crippen molar-refractivity contribution in [3.8, 4) is 0 Å². The van der Waals surface area contributed by atoms with Gasteiger partial charge in [-0.15, -0.1) is 0 Å². The van der Waals surface area contributed by atoms with E-state index < -0.39 is 27.7 Å². The number of alkyl halides is 1.